The van der Waals surface area contributed by atoms with E-state index in [0.717, 1.165) is 11.3 Å². The van der Waals surface area contributed by atoms with E-state index in [1.807, 2.05) is 13.0 Å². The number of carbonyl (C=O) groups excluding carboxylic acids is 1. The zero-order valence-electron chi connectivity index (χ0n) is 13.0. The average Bonchev–Trinajstić information content (AvgIpc) is 3.05. The second-order valence-corrected chi connectivity index (χ2v) is 9.10. The number of hydrogen-bond donors (Lipinski definition) is 1. The molecule has 1 aromatic heterocycles. The molecule has 1 saturated heterocycles. The normalized spacial score (nSPS) is 19.2. The van der Waals surface area contributed by atoms with Gasteiger partial charge < -0.3 is 5.32 Å². The number of carbonyl (C=O) groups is 1. The van der Waals surface area contributed by atoms with Crippen molar-refractivity contribution in [1.29, 1.82) is 0 Å². The minimum Gasteiger partial charge on any atom is -0.353 e. The molecular formula is C16H17ClN2O3S2. The van der Waals surface area contributed by atoms with Gasteiger partial charge in [-0.05, 0) is 30.2 Å². The average molecular weight is 385 g/mol. The Morgan fingerprint density at radius 2 is 2.04 bits per heavy atom. The molecule has 1 amide bonds. The van der Waals surface area contributed by atoms with Crippen molar-refractivity contribution in [1.82, 2.24) is 9.62 Å². The lowest BCUT2D eigenvalue weighted by Crippen LogP contribution is -2.52. The van der Waals surface area contributed by atoms with Gasteiger partial charge >= 0.3 is 0 Å². The molecule has 8 heteroatoms. The summed E-state index contributed by atoms with van der Waals surface area (Å²) in [7, 11) is -3.77. The number of benzene rings is 1. The highest BCUT2D eigenvalue weighted by molar-refractivity contribution is 7.91. The summed E-state index contributed by atoms with van der Waals surface area (Å²) in [5, 5.41) is 3.10. The first-order valence-corrected chi connectivity index (χ1v) is 10.2. The highest BCUT2D eigenvalue weighted by atomic mass is 35.5. The van der Waals surface area contributed by atoms with E-state index in [9.17, 15) is 13.2 Å². The number of nitrogens with zero attached hydrogens (tertiary/aromatic N) is 1. The van der Waals surface area contributed by atoms with Gasteiger partial charge in [-0.25, -0.2) is 8.42 Å². The Morgan fingerprint density at radius 1 is 1.29 bits per heavy atom. The molecule has 1 fully saturated rings. The van der Waals surface area contributed by atoms with E-state index < -0.39 is 16.1 Å². The van der Waals surface area contributed by atoms with Crippen LogP contribution < -0.4 is 5.32 Å². The maximum absolute atomic E-state index is 13.1. The number of rotatable bonds is 4. The zero-order valence-corrected chi connectivity index (χ0v) is 15.4. The van der Waals surface area contributed by atoms with Crippen LogP contribution in [0.1, 0.15) is 23.4 Å². The molecular weight excluding hydrogens is 368 g/mol. The topological polar surface area (TPSA) is 66.5 Å². The van der Waals surface area contributed by atoms with E-state index >= 15 is 0 Å². The zero-order chi connectivity index (χ0) is 17.3. The highest BCUT2D eigenvalue weighted by Gasteiger charge is 2.40. The lowest BCUT2D eigenvalue weighted by atomic mass is 10.0. The van der Waals surface area contributed by atoms with Crippen LogP contribution in [0.2, 0.25) is 5.02 Å². The second kappa shape index (κ2) is 6.84. The molecule has 0 spiro atoms. The first kappa shape index (κ1) is 17.4. The quantitative estimate of drug-likeness (QED) is 0.881. The van der Waals surface area contributed by atoms with Crippen molar-refractivity contribution in [2.75, 3.05) is 13.1 Å². The number of aryl methyl sites for hydroxylation is 1. The van der Waals surface area contributed by atoms with Gasteiger partial charge in [0.2, 0.25) is 5.91 Å². The molecule has 5 nitrogen and oxygen atoms in total. The van der Waals surface area contributed by atoms with Crippen molar-refractivity contribution in [3.05, 3.63) is 51.9 Å². The molecule has 0 saturated carbocycles. The van der Waals surface area contributed by atoms with E-state index in [0.29, 0.717) is 10.6 Å². The second-order valence-electron chi connectivity index (χ2n) is 5.41. The van der Waals surface area contributed by atoms with Gasteiger partial charge in [0.1, 0.15) is 10.3 Å². The Labute approximate surface area is 150 Å². The molecule has 3 rings (SSSR count). The molecule has 1 aliphatic heterocycles. The summed E-state index contributed by atoms with van der Waals surface area (Å²) < 4.78 is 27.6. The molecule has 2 aromatic rings. The van der Waals surface area contributed by atoms with Gasteiger partial charge in [-0.3, -0.25) is 4.79 Å². The van der Waals surface area contributed by atoms with Gasteiger partial charge in [0.25, 0.3) is 10.0 Å². The summed E-state index contributed by atoms with van der Waals surface area (Å²) in [5.74, 6) is -0.356. The fourth-order valence-electron chi connectivity index (χ4n) is 2.70. The van der Waals surface area contributed by atoms with E-state index in [1.54, 1.807) is 30.3 Å². The summed E-state index contributed by atoms with van der Waals surface area (Å²) in [5.41, 5.74) is 0.493. The molecule has 1 atom stereocenters. The predicted octanol–water partition coefficient (Wildman–Crippen LogP) is 2.83. The fraction of sp³-hybridized carbons (Fsp3) is 0.312. The molecule has 128 valence electrons. The van der Waals surface area contributed by atoms with Gasteiger partial charge in [-0.1, -0.05) is 36.7 Å². The van der Waals surface area contributed by atoms with Gasteiger partial charge in [-0.15, -0.1) is 11.3 Å². The number of nitrogens with one attached hydrogen (secondary N) is 1. The third-order valence-corrected chi connectivity index (χ3v) is 7.82. The summed E-state index contributed by atoms with van der Waals surface area (Å²) in [6, 6.07) is 9.30. The summed E-state index contributed by atoms with van der Waals surface area (Å²) in [6.07, 6.45) is 0.772. The minimum absolute atomic E-state index is 0.212. The number of amides is 1. The van der Waals surface area contributed by atoms with Crippen LogP contribution in [0.5, 0.6) is 0 Å². The van der Waals surface area contributed by atoms with E-state index in [-0.39, 0.29) is 23.2 Å². The van der Waals surface area contributed by atoms with Gasteiger partial charge in [0.05, 0.1) is 0 Å². The van der Waals surface area contributed by atoms with Crippen molar-refractivity contribution in [2.45, 2.75) is 23.6 Å². The maximum Gasteiger partial charge on any atom is 0.253 e. The van der Waals surface area contributed by atoms with E-state index in [2.05, 4.69) is 5.32 Å². The van der Waals surface area contributed by atoms with Gasteiger partial charge in [0.15, 0.2) is 0 Å². The van der Waals surface area contributed by atoms with Crippen molar-refractivity contribution < 1.29 is 13.2 Å². The number of sulfonamides is 1. The highest BCUT2D eigenvalue weighted by Crippen LogP contribution is 2.35. The maximum atomic E-state index is 13.1. The lowest BCUT2D eigenvalue weighted by molar-refractivity contribution is -0.126. The predicted molar refractivity (Wildman–Crippen MR) is 94.8 cm³/mol. The van der Waals surface area contributed by atoms with E-state index in [1.165, 1.54) is 15.6 Å². The third kappa shape index (κ3) is 3.09. The van der Waals surface area contributed by atoms with Crippen LogP contribution in [0.3, 0.4) is 0 Å². The molecule has 1 aromatic carbocycles. The minimum atomic E-state index is -3.77. The first-order valence-electron chi connectivity index (χ1n) is 7.58. The lowest BCUT2D eigenvalue weighted by Gasteiger charge is -2.34. The molecule has 24 heavy (non-hydrogen) atoms. The van der Waals surface area contributed by atoms with Crippen LogP contribution in [0.4, 0.5) is 0 Å². The van der Waals surface area contributed by atoms with Crippen molar-refractivity contribution in [3.63, 3.8) is 0 Å². The molecule has 0 bridgehead atoms. The standard InChI is InChI=1S/C16H17ClN2O3S2/c1-2-11-7-8-14(23-11)24(21,22)19-10-9-18-16(20)15(19)12-5-3-4-6-13(12)17/h3-8,15H,2,9-10H2,1H3,(H,18,20). The van der Waals surface area contributed by atoms with E-state index in [4.69, 9.17) is 11.6 Å². The largest absolute Gasteiger partial charge is 0.353 e. The van der Waals surface area contributed by atoms with Gasteiger partial charge in [0, 0.05) is 23.0 Å². The van der Waals surface area contributed by atoms with Crippen LogP contribution in [-0.4, -0.2) is 31.7 Å². The molecule has 0 radical (unpaired) electrons. The Balaban J connectivity index is 2.06. The molecule has 1 N–H and O–H groups in total. The Morgan fingerprint density at radius 3 is 2.71 bits per heavy atom. The molecule has 2 heterocycles. The van der Waals surface area contributed by atoms with Crippen LogP contribution >= 0.6 is 22.9 Å². The molecule has 1 unspecified atom stereocenters. The van der Waals surface area contributed by atoms with Crippen LogP contribution in [0.25, 0.3) is 0 Å². The fourth-order valence-corrected chi connectivity index (χ4v) is 5.93. The van der Waals surface area contributed by atoms with Crippen LogP contribution in [-0.2, 0) is 21.2 Å². The van der Waals surface area contributed by atoms with Gasteiger partial charge in [-0.2, -0.15) is 4.31 Å². The summed E-state index contributed by atoms with van der Waals surface area (Å²) in [4.78, 5) is 13.4. The number of hydrogen-bond acceptors (Lipinski definition) is 4. The van der Waals surface area contributed by atoms with Crippen molar-refractivity contribution >= 4 is 38.9 Å². The Bertz CT molecular complexity index is 864. The summed E-state index contributed by atoms with van der Waals surface area (Å²) in [6.45, 7) is 2.47. The Kier molecular flexibility index (Phi) is 4.96. The molecule has 1 aliphatic rings. The number of thiophene rings is 1. The third-order valence-electron chi connectivity index (χ3n) is 3.92. The van der Waals surface area contributed by atoms with Crippen molar-refractivity contribution in [2.24, 2.45) is 0 Å². The Hall–Kier alpha value is -1.41. The van der Waals surface area contributed by atoms with Crippen LogP contribution in [0, 0.1) is 0 Å². The first-order chi connectivity index (χ1) is 11.4. The monoisotopic (exact) mass is 384 g/mol. The number of piperazine rings is 1. The smallest absolute Gasteiger partial charge is 0.253 e. The summed E-state index contributed by atoms with van der Waals surface area (Å²) >= 11 is 7.45. The number of halogens is 1. The van der Waals surface area contributed by atoms with Crippen molar-refractivity contribution in [3.8, 4) is 0 Å². The SMILES string of the molecule is CCc1ccc(S(=O)(=O)N2CCNC(=O)C2c2ccccc2Cl)s1. The van der Waals surface area contributed by atoms with Crippen LogP contribution in [0.15, 0.2) is 40.6 Å². The molecule has 0 aliphatic carbocycles.